The van der Waals surface area contributed by atoms with Crippen molar-refractivity contribution in [2.45, 2.75) is 31.7 Å². The van der Waals surface area contributed by atoms with Crippen LogP contribution in [0, 0.1) is 0 Å². The summed E-state index contributed by atoms with van der Waals surface area (Å²) in [6.45, 7) is -9.03. The topological polar surface area (TPSA) is 29.5 Å². The number of aliphatic hydroxyl groups is 1. The summed E-state index contributed by atoms with van der Waals surface area (Å²) >= 11 is 0. The third-order valence-corrected chi connectivity index (χ3v) is 1.93. The van der Waals surface area contributed by atoms with Gasteiger partial charge in [0.05, 0.1) is 45.5 Å². The van der Waals surface area contributed by atoms with Gasteiger partial charge in [-0.2, -0.15) is 0 Å². The molecule has 3 heteroatoms. The highest BCUT2D eigenvalue weighted by molar-refractivity contribution is 4.78. The van der Waals surface area contributed by atoms with Gasteiger partial charge in [-0.1, -0.05) is 0 Å². The highest BCUT2D eigenvalue weighted by Crippen LogP contribution is 2.21. The predicted molar refractivity (Wildman–Crippen MR) is 47.9 cm³/mol. The first-order valence-corrected chi connectivity index (χ1v) is 3.85. The van der Waals surface area contributed by atoms with Crippen LogP contribution in [0.2, 0.25) is 0 Å². The monoisotopic (exact) mass is 183 g/mol. The Balaban J connectivity index is 3.26. The third kappa shape index (κ3) is 2.73. The number of quaternary nitrogens is 1. The van der Waals surface area contributed by atoms with E-state index in [1.165, 1.54) is 0 Å². The van der Waals surface area contributed by atoms with Gasteiger partial charge in [-0.05, 0) is 6.92 Å². The summed E-state index contributed by atoms with van der Waals surface area (Å²) in [5, 5.41) is 9.62. The molecule has 1 fully saturated rings. The standard InChI is InChI=1S/C9H20NO2/c1-7-9(11)5-8(12-7)6-10(2,3)4/h7-9,11H,5-6H2,1-4H3/q+1/t7-,8-,9-/m1/s1/i2D3,3D3,4D3. The van der Waals surface area contributed by atoms with E-state index in [-0.39, 0.29) is 6.42 Å². The summed E-state index contributed by atoms with van der Waals surface area (Å²) in [6, 6.07) is 0. The summed E-state index contributed by atoms with van der Waals surface area (Å²) in [7, 11) is 0. The molecule has 1 N–H and O–H groups in total. The Morgan fingerprint density at radius 1 is 1.58 bits per heavy atom. The molecule has 1 aliphatic rings. The lowest BCUT2D eigenvalue weighted by Gasteiger charge is -2.26. The molecule has 72 valence electrons. The SMILES string of the molecule is [2H]C([2H])([2H])[N+](C[C@H]1C[C@@H](O)[C@@H](C)O1)(C([2H])([2H])[2H])C([2H])([2H])[2H]. The van der Waals surface area contributed by atoms with E-state index in [2.05, 4.69) is 0 Å². The van der Waals surface area contributed by atoms with Crippen molar-refractivity contribution in [3.8, 4) is 0 Å². The summed E-state index contributed by atoms with van der Waals surface area (Å²) in [6.07, 6.45) is -2.41. The van der Waals surface area contributed by atoms with Crippen molar-refractivity contribution in [1.29, 1.82) is 0 Å². The fourth-order valence-electron chi connectivity index (χ4n) is 1.33. The Hall–Kier alpha value is -0.120. The average molecular weight is 183 g/mol. The summed E-state index contributed by atoms with van der Waals surface area (Å²) in [4.78, 5) is 0. The number of ether oxygens (including phenoxy) is 1. The van der Waals surface area contributed by atoms with E-state index in [1.54, 1.807) is 6.92 Å². The lowest BCUT2D eigenvalue weighted by molar-refractivity contribution is -0.873. The molecule has 0 aromatic rings. The van der Waals surface area contributed by atoms with Crippen LogP contribution in [0.15, 0.2) is 0 Å². The molecule has 3 nitrogen and oxygen atoms in total. The number of rotatable bonds is 2. The Bertz CT molecular complexity index is 329. The van der Waals surface area contributed by atoms with Gasteiger partial charge in [0.2, 0.25) is 0 Å². The normalized spacial score (nSPS) is 51.5. The van der Waals surface area contributed by atoms with Crippen LogP contribution < -0.4 is 0 Å². The van der Waals surface area contributed by atoms with Gasteiger partial charge in [0.15, 0.2) is 0 Å². The minimum Gasteiger partial charge on any atom is -0.390 e. The Morgan fingerprint density at radius 3 is 2.67 bits per heavy atom. The van der Waals surface area contributed by atoms with E-state index in [0.717, 1.165) is 0 Å². The van der Waals surface area contributed by atoms with Gasteiger partial charge < -0.3 is 14.3 Å². The molecule has 0 bridgehead atoms. The van der Waals surface area contributed by atoms with E-state index >= 15 is 0 Å². The summed E-state index contributed by atoms with van der Waals surface area (Å²) in [5.41, 5.74) is 0. The molecule has 0 aromatic carbocycles. The lowest BCUT2D eigenvalue weighted by Crippen LogP contribution is -2.41. The van der Waals surface area contributed by atoms with Gasteiger partial charge in [-0.3, -0.25) is 0 Å². The van der Waals surface area contributed by atoms with Gasteiger partial charge in [-0.25, -0.2) is 0 Å². The van der Waals surface area contributed by atoms with Crippen LogP contribution in [0.25, 0.3) is 0 Å². The van der Waals surface area contributed by atoms with E-state index in [9.17, 15) is 5.11 Å². The van der Waals surface area contributed by atoms with Gasteiger partial charge in [0.25, 0.3) is 0 Å². The summed E-state index contributed by atoms with van der Waals surface area (Å²) in [5.74, 6) is 0. The second-order valence-corrected chi connectivity index (χ2v) is 3.26. The molecule has 0 spiro atoms. The van der Waals surface area contributed by atoms with Gasteiger partial charge >= 0.3 is 0 Å². The van der Waals surface area contributed by atoms with Crippen LogP contribution in [0.1, 0.15) is 25.7 Å². The molecule has 12 heavy (non-hydrogen) atoms. The fraction of sp³-hybridized carbons (Fsp3) is 1.00. The van der Waals surface area contributed by atoms with E-state index in [1.807, 2.05) is 0 Å². The molecule has 1 rings (SSSR count). The molecular weight excluding hydrogens is 154 g/mol. The maximum Gasteiger partial charge on any atom is 0.109 e. The second-order valence-electron chi connectivity index (χ2n) is 3.26. The smallest absolute Gasteiger partial charge is 0.109 e. The van der Waals surface area contributed by atoms with Crippen molar-refractivity contribution in [3.63, 3.8) is 0 Å². The zero-order valence-electron chi connectivity index (χ0n) is 15.9. The fourth-order valence-corrected chi connectivity index (χ4v) is 1.33. The summed E-state index contributed by atoms with van der Waals surface area (Å²) < 4.78 is 70.6. The molecule has 3 atom stereocenters. The predicted octanol–water partition coefficient (Wildman–Crippen LogP) is 0.231. The minimum atomic E-state index is -3.28. The second kappa shape index (κ2) is 3.32. The minimum absolute atomic E-state index is 0.00338. The zero-order chi connectivity index (χ0) is 16.9. The Labute approximate surface area is 87.2 Å². The van der Waals surface area contributed by atoms with Crippen LogP contribution in [0.3, 0.4) is 0 Å². The van der Waals surface area contributed by atoms with Crippen LogP contribution in [0.5, 0.6) is 0 Å². The number of nitrogens with zero attached hydrogens (tertiary/aromatic N) is 1. The van der Waals surface area contributed by atoms with Gasteiger partial charge in [0.1, 0.15) is 12.6 Å². The highest BCUT2D eigenvalue weighted by atomic mass is 16.5. The van der Waals surface area contributed by atoms with Gasteiger partial charge in [-0.15, -0.1) is 0 Å². The van der Waals surface area contributed by atoms with Crippen LogP contribution in [-0.2, 0) is 4.74 Å². The maximum absolute atomic E-state index is 9.62. The quantitative estimate of drug-likeness (QED) is 0.621. The van der Waals surface area contributed by atoms with E-state index in [0.29, 0.717) is 0 Å². The average Bonchev–Trinajstić information content (AvgIpc) is 2.49. The van der Waals surface area contributed by atoms with Crippen LogP contribution in [0.4, 0.5) is 0 Å². The lowest BCUT2D eigenvalue weighted by atomic mass is 10.1. The van der Waals surface area contributed by atoms with Gasteiger partial charge in [0, 0.05) is 6.42 Å². The Kier molecular flexibility index (Phi) is 0.893. The van der Waals surface area contributed by atoms with Crippen molar-refractivity contribution in [2.24, 2.45) is 0 Å². The molecular formula is C9H20NO2+. The number of aliphatic hydroxyl groups excluding tert-OH is 1. The zero-order valence-corrected chi connectivity index (χ0v) is 6.95. The largest absolute Gasteiger partial charge is 0.390 e. The first kappa shape index (κ1) is 3.23. The van der Waals surface area contributed by atoms with Crippen molar-refractivity contribution >= 4 is 0 Å². The molecule has 1 aliphatic heterocycles. The van der Waals surface area contributed by atoms with Crippen molar-refractivity contribution in [2.75, 3.05) is 27.5 Å². The van der Waals surface area contributed by atoms with E-state index < -0.39 is 50.3 Å². The van der Waals surface area contributed by atoms with E-state index in [4.69, 9.17) is 17.1 Å². The highest BCUT2D eigenvalue weighted by Gasteiger charge is 2.33. The Morgan fingerprint density at radius 2 is 2.25 bits per heavy atom. The molecule has 1 saturated heterocycles. The molecule has 0 amide bonds. The molecule has 0 unspecified atom stereocenters. The first-order chi connectivity index (χ1) is 9.13. The number of hydrogen-bond donors (Lipinski definition) is 1. The molecule has 0 radical (unpaired) electrons. The van der Waals surface area contributed by atoms with Crippen molar-refractivity contribution < 1.29 is 26.7 Å². The third-order valence-electron chi connectivity index (χ3n) is 1.93. The molecule has 0 aliphatic carbocycles. The molecule has 0 saturated carbocycles. The molecule has 0 aromatic heterocycles. The maximum atomic E-state index is 9.62. The van der Waals surface area contributed by atoms with Crippen molar-refractivity contribution in [1.82, 2.24) is 0 Å². The van der Waals surface area contributed by atoms with Crippen LogP contribution >= 0.6 is 0 Å². The van der Waals surface area contributed by atoms with Crippen LogP contribution in [-0.4, -0.2) is 55.4 Å². The number of hydrogen-bond acceptors (Lipinski definition) is 2. The first-order valence-electron chi connectivity index (χ1n) is 8.35. The number of likely N-dealkylation sites (N-methyl/N-ethyl adjacent to an activating group) is 1. The molecule has 1 heterocycles. The van der Waals surface area contributed by atoms with Crippen molar-refractivity contribution in [3.05, 3.63) is 0 Å².